The van der Waals surface area contributed by atoms with Gasteiger partial charge in [0.05, 0.1) is 13.3 Å². The molecule has 4 aromatic rings. The number of hydrogen-bond acceptors (Lipinski definition) is 4. The van der Waals surface area contributed by atoms with Gasteiger partial charge in [0, 0.05) is 24.4 Å². The quantitative estimate of drug-likeness (QED) is 0.491. The van der Waals surface area contributed by atoms with Crippen molar-refractivity contribution in [2.45, 2.75) is 40.7 Å². The molecule has 0 saturated carbocycles. The highest BCUT2D eigenvalue weighted by Crippen LogP contribution is 2.22. The van der Waals surface area contributed by atoms with Gasteiger partial charge in [-0.05, 0) is 62.1 Å². The first-order valence-electron chi connectivity index (χ1n) is 10.7. The summed E-state index contributed by atoms with van der Waals surface area (Å²) >= 11 is 0. The lowest BCUT2D eigenvalue weighted by Crippen LogP contribution is -2.23. The molecule has 2 aromatic heterocycles. The number of nitrogens with zero attached hydrogens (tertiary/aromatic N) is 3. The predicted octanol–water partition coefficient (Wildman–Crippen LogP) is 4.49. The molecule has 0 aliphatic rings. The third-order valence-electron chi connectivity index (χ3n) is 5.91. The third kappa shape index (κ3) is 4.21. The molecule has 0 atom stereocenters. The molecular formula is C26H28N4O2. The van der Waals surface area contributed by atoms with Crippen molar-refractivity contribution < 1.29 is 9.53 Å². The highest BCUT2D eigenvalue weighted by Gasteiger charge is 2.19. The number of methoxy groups -OCH3 is 1. The molecule has 0 unspecified atom stereocenters. The van der Waals surface area contributed by atoms with Crippen LogP contribution in [0.5, 0.6) is 5.75 Å². The number of fused-ring (bicyclic) bond motifs is 1. The van der Waals surface area contributed by atoms with Crippen LogP contribution < -0.4 is 10.1 Å². The first kappa shape index (κ1) is 21.6. The van der Waals surface area contributed by atoms with Crippen molar-refractivity contribution in [1.29, 1.82) is 0 Å². The summed E-state index contributed by atoms with van der Waals surface area (Å²) in [6, 6.07) is 14.1. The highest BCUT2D eigenvalue weighted by atomic mass is 16.5. The Bertz CT molecular complexity index is 1310. The van der Waals surface area contributed by atoms with Crippen molar-refractivity contribution in [2.24, 2.45) is 0 Å². The summed E-state index contributed by atoms with van der Waals surface area (Å²) < 4.78 is 7.02. The van der Waals surface area contributed by atoms with E-state index in [-0.39, 0.29) is 5.91 Å². The minimum atomic E-state index is -0.198. The number of rotatable bonds is 6. The second-order valence-corrected chi connectivity index (χ2v) is 8.20. The standard InChI is InChI=1S/C26H28N4O2/c1-16-9-10-17(2)21(11-16)13-23-18(3)29-25-24(15-28-30(25)19(23)4)26(31)27-14-20-7-6-8-22(12-20)32-5/h6-12,15H,13-14H2,1-5H3,(H,27,31). The molecular weight excluding hydrogens is 400 g/mol. The molecule has 2 heterocycles. The number of amides is 1. The molecule has 1 amide bonds. The van der Waals surface area contributed by atoms with Gasteiger partial charge in [-0.1, -0.05) is 35.9 Å². The monoisotopic (exact) mass is 428 g/mol. The van der Waals surface area contributed by atoms with Gasteiger partial charge in [-0.25, -0.2) is 9.50 Å². The summed E-state index contributed by atoms with van der Waals surface area (Å²) in [5, 5.41) is 7.44. The lowest BCUT2D eigenvalue weighted by Gasteiger charge is -2.14. The van der Waals surface area contributed by atoms with Gasteiger partial charge in [0.2, 0.25) is 0 Å². The average molecular weight is 429 g/mol. The molecule has 6 nitrogen and oxygen atoms in total. The van der Waals surface area contributed by atoms with Crippen LogP contribution in [0.25, 0.3) is 5.65 Å². The van der Waals surface area contributed by atoms with E-state index in [1.165, 1.54) is 16.7 Å². The van der Waals surface area contributed by atoms with Crippen molar-refractivity contribution >= 4 is 11.6 Å². The maximum absolute atomic E-state index is 12.9. The zero-order chi connectivity index (χ0) is 22.8. The Hall–Kier alpha value is -3.67. The van der Waals surface area contributed by atoms with E-state index in [4.69, 9.17) is 9.72 Å². The number of carbonyl (C=O) groups is 1. The van der Waals surface area contributed by atoms with E-state index >= 15 is 0 Å². The van der Waals surface area contributed by atoms with Gasteiger partial charge < -0.3 is 10.1 Å². The molecule has 0 aliphatic carbocycles. The van der Waals surface area contributed by atoms with E-state index in [1.807, 2.05) is 38.1 Å². The van der Waals surface area contributed by atoms with E-state index in [9.17, 15) is 4.79 Å². The average Bonchev–Trinajstić information content (AvgIpc) is 3.21. The summed E-state index contributed by atoms with van der Waals surface area (Å²) in [6.45, 7) is 8.67. The molecule has 0 aliphatic heterocycles. The van der Waals surface area contributed by atoms with Crippen molar-refractivity contribution in [2.75, 3.05) is 7.11 Å². The molecule has 0 fully saturated rings. The fourth-order valence-electron chi connectivity index (χ4n) is 3.97. The molecule has 0 saturated heterocycles. The van der Waals surface area contributed by atoms with Crippen LogP contribution >= 0.6 is 0 Å². The maximum Gasteiger partial charge on any atom is 0.257 e. The van der Waals surface area contributed by atoms with E-state index < -0.39 is 0 Å². The third-order valence-corrected chi connectivity index (χ3v) is 5.91. The fraction of sp³-hybridized carbons (Fsp3) is 0.269. The van der Waals surface area contributed by atoms with E-state index in [1.54, 1.807) is 17.8 Å². The largest absolute Gasteiger partial charge is 0.497 e. The normalized spacial score (nSPS) is 11.0. The van der Waals surface area contributed by atoms with Crippen LogP contribution in [-0.4, -0.2) is 27.6 Å². The number of aryl methyl sites for hydroxylation is 4. The molecule has 4 rings (SSSR count). The summed E-state index contributed by atoms with van der Waals surface area (Å²) in [6.07, 6.45) is 2.38. The second kappa shape index (κ2) is 8.83. The van der Waals surface area contributed by atoms with Crippen molar-refractivity contribution in [1.82, 2.24) is 19.9 Å². The molecule has 0 spiro atoms. The zero-order valence-electron chi connectivity index (χ0n) is 19.2. The first-order valence-corrected chi connectivity index (χ1v) is 10.7. The molecule has 164 valence electrons. The van der Waals surface area contributed by atoms with Crippen molar-refractivity contribution in [3.8, 4) is 5.75 Å². The van der Waals surface area contributed by atoms with Gasteiger partial charge >= 0.3 is 0 Å². The van der Waals surface area contributed by atoms with E-state index in [2.05, 4.69) is 42.5 Å². The molecule has 32 heavy (non-hydrogen) atoms. The number of ether oxygens (including phenoxy) is 1. The van der Waals surface area contributed by atoms with Gasteiger partial charge in [-0.3, -0.25) is 4.79 Å². The van der Waals surface area contributed by atoms with E-state index in [0.29, 0.717) is 17.8 Å². The van der Waals surface area contributed by atoms with Crippen LogP contribution in [0, 0.1) is 27.7 Å². The van der Waals surface area contributed by atoms with Crippen LogP contribution in [-0.2, 0) is 13.0 Å². The van der Waals surface area contributed by atoms with Crippen LogP contribution in [0.2, 0.25) is 0 Å². The van der Waals surface area contributed by atoms with Crippen LogP contribution in [0.3, 0.4) is 0 Å². The summed E-state index contributed by atoms with van der Waals surface area (Å²) in [4.78, 5) is 17.7. The van der Waals surface area contributed by atoms with Crippen molar-refractivity contribution in [3.63, 3.8) is 0 Å². The topological polar surface area (TPSA) is 68.5 Å². The van der Waals surface area contributed by atoms with Crippen LogP contribution in [0.1, 0.15) is 49.6 Å². The molecule has 2 aromatic carbocycles. The summed E-state index contributed by atoms with van der Waals surface area (Å²) in [5.74, 6) is 0.563. The maximum atomic E-state index is 12.9. The number of aromatic nitrogens is 3. The SMILES string of the molecule is COc1cccc(CNC(=O)c2cnn3c(C)c(Cc4cc(C)ccc4C)c(C)nc23)c1. The Labute approximate surface area is 188 Å². The Kier molecular flexibility index (Phi) is 5.95. The minimum absolute atomic E-state index is 0.198. The van der Waals surface area contributed by atoms with E-state index in [0.717, 1.165) is 34.7 Å². The molecule has 0 radical (unpaired) electrons. The predicted molar refractivity (Wildman–Crippen MR) is 125 cm³/mol. The van der Waals surface area contributed by atoms with Gasteiger partial charge in [-0.15, -0.1) is 0 Å². The van der Waals surface area contributed by atoms with Gasteiger partial charge in [0.15, 0.2) is 5.65 Å². The first-order chi connectivity index (χ1) is 15.4. The zero-order valence-corrected chi connectivity index (χ0v) is 19.2. The fourth-order valence-corrected chi connectivity index (χ4v) is 3.97. The summed E-state index contributed by atoms with van der Waals surface area (Å²) in [5.41, 5.74) is 8.84. The molecule has 0 bridgehead atoms. The van der Waals surface area contributed by atoms with Gasteiger partial charge in [0.1, 0.15) is 11.3 Å². The Morgan fingerprint density at radius 3 is 2.69 bits per heavy atom. The summed E-state index contributed by atoms with van der Waals surface area (Å²) in [7, 11) is 1.63. The number of nitrogens with one attached hydrogen (secondary N) is 1. The lowest BCUT2D eigenvalue weighted by atomic mass is 9.97. The highest BCUT2D eigenvalue weighted by molar-refractivity contribution is 5.99. The molecule has 6 heteroatoms. The van der Waals surface area contributed by atoms with Gasteiger partial charge in [0.25, 0.3) is 5.91 Å². The number of benzene rings is 2. The Morgan fingerprint density at radius 1 is 1.09 bits per heavy atom. The number of carbonyl (C=O) groups excluding carboxylic acids is 1. The minimum Gasteiger partial charge on any atom is -0.497 e. The van der Waals surface area contributed by atoms with Gasteiger partial charge in [-0.2, -0.15) is 5.10 Å². The van der Waals surface area contributed by atoms with Crippen molar-refractivity contribution in [3.05, 3.63) is 93.4 Å². The van der Waals surface area contributed by atoms with Crippen LogP contribution in [0.4, 0.5) is 0 Å². The lowest BCUT2D eigenvalue weighted by molar-refractivity contribution is 0.0952. The Balaban J connectivity index is 1.61. The smallest absolute Gasteiger partial charge is 0.257 e. The molecule has 1 N–H and O–H groups in total. The Morgan fingerprint density at radius 2 is 1.91 bits per heavy atom. The number of hydrogen-bond donors (Lipinski definition) is 1. The van der Waals surface area contributed by atoms with Crippen LogP contribution in [0.15, 0.2) is 48.7 Å². The second-order valence-electron chi connectivity index (χ2n) is 8.20.